The van der Waals surface area contributed by atoms with Gasteiger partial charge in [0.05, 0.1) is 0 Å². The lowest BCUT2D eigenvalue weighted by atomic mass is 10.0. The Bertz CT molecular complexity index is 451. The van der Waals surface area contributed by atoms with Gasteiger partial charge in [-0.3, -0.25) is 0 Å². The van der Waals surface area contributed by atoms with Gasteiger partial charge in [0, 0.05) is 6.04 Å². The van der Waals surface area contributed by atoms with Crippen LogP contribution in [-0.4, -0.2) is 6.54 Å². The van der Waals surface area contributed by atoms with E-state index in [2.05, 4.69) is 30.3 Å². The fourth-order valence-electron chi connectivity index (χ4n) is 1.78. The van der Waals surface area contributed by atoms with Crippen LogP contribution in [0, 0.1) is 0 Å². The minimum atomic E-state index is 0.0552. The molecule has 2 rings (SSSR count). The average Bonchev–Trinajstić information content (AvgIpc) is 2.29. The van der Waals surface area contributed by atoms with Crippen molar-refractivity contribution in [2.24, 2.45) is 11.5 Å². The van der Waals surface area contributed by atoms with Crippen LogP contribution in [0.1, 0.15) is 18.0 Å². The van der Waals surface area contributed by atoms with E-state index < -0.39 is 0 Å². The minimum absolute atomic E-state index is 0.0552. The highest BCUT2D eigenvalue weighted by atomic mass is 14.7. The summed E-state index contributed by atoms with van der Waals surface area (Å²) in [5.41, 5.74) is 12.7. The summed E-state index contributed by atoms with van der Waals surface area (Å²) in [5.74, 6) is 0. The Kier molecular flexibility index (Phi) is 2.99. The number of benzene rings is 2. The van der Waals surface area contributed by atoms with Gasteiger partial charge >= 0.3 is 0 Å². The molecule has 0 saturated heterocycles. The smallest absolute Gasteiger partial charge is 0.0307 e. The fraction of sp³-hybridized carbons (Fsp3) is 0.231. The molecule has 0 aliphatic carbocycles. The normalized spacial score (nSPS) is 12.9. The molecule has 1 atom stereocenters. The molecule has 0 spiro atoms. The maximum Gasteiger partial charge on any atom is 0.0307 e. The van der Waals surface area contributed by atoms with Crippen LogP contribution < -0.4 is 11.5 Å². The van der Waals surface area contributed by atoms with E-state index in [1.54, 1.807) is 0 Å². The van der Waals surface area contributed by atoms with Gasteiger partial charge in [-0.15, -0.1) is 0 Å². The molecule has 0 aliphatic rings. The second-order valence-electron chi connectivity index (χ2n) is 3.79. The van der Waals surface area contributed by atoms with Gasteiger partial charge in [-0.1, -0.05) is 36.4 Å². The van der Waals surface area contributed by atoms with Gasteiger partial charge in [0.25, 0.3) is 0 Å². The summed E-state index contributed by atoms with van der Waals surface area (Å²) in [5, 5.41) is 2.49. The molecule has 78 valence electrons. The zero-order valence-electron chi connectivity index (χ0n) is 8.69. The first kappa shape index (κ1) is 10.1. The molecule has 1 unspecified atom stereocenters. The van der Waals surface area contributed by atoms with Crippen molar-refractivity contribution >= 4 is 10.8 Å². The molecule has 0 heterocycles. The number of nitrogens with two attached hydrogens (primary N) is 2. The minimum Gasteiger partial charge on any atom is -0.330 e. The Labute approximate surface area is 89.9 Å². The second kappa shape index (κ2) is 4.43. The van der Waals surface area contributed by atoms with Gasteiger partial charge in [-0.2, -0.15) is 0 Å². The molecule has 2 heteroatoms. The lowest BCUT2D eigenvalue weighted by Crippen LogP contribution is -2.15. The molecule has 0 amide bonds. The molecule has 4 N–H and O–H groups in total. The molecule has 0 saturated carbocycles. The zero-order chi connectivity index (χ0) is 10.7. The van der Waals surface area contributed by atoms with Crippen LogP contribution in [-0.2, 0) is 0 Å². The predicted molar refractivity (Wildman–Crippen MR) is 64.5 cm³/mol. The van der Waals surface area contributed by atoms with E-state index >= 15 is 0 Å². The van der Waals surface area contributed by atoms with Crippen LogP contribution in [0.4, 0.5) is 0 Å². The van der Waals surface area contributed by atoms with Crippen LogP contribution in [0.25, 0.3) is 10.8 Å². The molecule has 2 nitrogen and oxygen atoms in total. The first-order valence-electron chi connectivity index (χ1n) is 5.25. The fourth-order valence-corrected chi connectivity index (χ4v) is 1.78. The number of rotatable bonds is 3. The van der Waals surface area contributed by atoms with Crippen LogP contribution >= 0.6 is 0 Å². The monoisotopic (exact) mass is 200 g/mol. The van der Waals surface area contributed by atoms with E-state index in [-0.39, 0.29) is 6.04 Å². The summed E-state index contributed by atoms with van der Waals surface area (Å²) in [7, 11) is 0. The van der Waals surface area contributed by atoms with Gasteiger partial charge in [0.15, 0.2) is 0 Å². The number of fused-ring (bicyclic) bond motifs is 1. The maximum absolute atomic E-state index is 6.02. The van der Waals surface area contributed by atoms with Crippen molar-refractivity contribution in [3.8, 4) is 0 Å². The molecule has 0 fully saturated rings. The van der Waals surface area contributed by atoms with E-state index in [4.69, 9.17) is 11.5 Å². The van der Waals surface area contributed by atoms with E-state index in [0.29, 0.717) is 6.54 Å². The highest BCUT2D eigenvalue weighted by molar-refractivity contribution is 5.83. The largest absolute Gasteiger partial charge is 0.330 e. The standard InChI is InChI=1S/C13H16N2/c14-8-7-13(15)12-6-5-10-3-1-2-4-11(10)9-12/h1-6,9,13H,7-8,14-15H2. The van der Waals surface area contributed by atoms with Crippen molar-refractivity contribution in [2.75, 3.05) is 6.54 Å². The highest BCUT2D eigenvalue weighted by Gasteiger charge is 2.04. The van der Waals surface area contributed by atoms with Gasteiger partial charge in [0.1, 0.15) is 0 Å². The lowest BCUT2D eigenvalue weighted by Gasteiger charge is -2.11. The van der Waals surface area contributed by atoms with E-state index in [9.17, 15) is 0 Å². The third-order valence-corrected chi connectivity index (χ3v) is 2.68. The first-order chi connectivity index (χ1) is 7.31. The van der Waals surface area contributed by atoms with Crippen LogP contribution in [0.3, 0.4) is 0 Å². The van der Waals surface area contributed by atoms with E-state index in [1.165, 1.54) is 16.3 Å². The summed E-state index contributed by atoms with van der Waals surface area (Å²) in [6.07, 6.45) is 0.832. The molecule has 2 aromatic rings. The molecular weight excluding hydrogens is 184 g/mol. The highest BCUT2D eigenvalue weighted by Crippen LogP contribution is 2.20. The van der Waals surface area contributed by atoms with E-state index in [0.717, 1.165) is 6.42 Å². The van der Waals surface area contributed by atoms with Crippen molar-refractivity contribution in [1.82, 2.24) is 0 Å². The van der Waals surface area contributed by atoms with Crippen LogP contribution in [0.2, 0.25) is 0 Å². The third-order valence-electron chi connectivity index (χ3n) is 2.68. The molecule has 0 bridgehead atoms. The van der Waals surface area contributed by atoms with Gasteiger partial charge in [0.2, 0.25) is 0 Å². The van der Waals surface area contributed by atoms with Crippen molar-refractivity contribution in [1.29, 1.82) is 0 Å². The topological polar surface area (TPSA) is 52.0 Å². The number of hydrogen-bond acceptors (Lipinski definition) is 2. The van der Waals surface area contributed by atoms with E-state index in [1.807, 2.05) is 12.1 Å². The molecule has 0 radical (unpaired) electrons. The Morgan fingerprint density at radius 1 is 1.00 bits per heavy atom. The molecule has 0 aromatic heterocycles. The van der Waals surface area contributed by atoms with Crippen molar-refractivity contribution in [2.45, 2.75) is 12.5 Å². The second-order valence-corrected chi connectivity index (χ2v) is 3.79. The molecule has 15 heavy (non-hydrogen) atoms. The molecular formula is C13H16N2. The van der Waals surface area contributed by atoms with Gasteiger partial charge in [-0.25, -0.2) is 0 Å². The van der Waals surface area contributed by atoms with Crippen molar-refractivity contribution in [3.05, 3.63) is 48.0 Å². The summed E-state index contributed by atoms with van der Waals surface area (Å²) < 4.78 is 0. The summed E-state index contributed by atoms with van der Waals surface area (Å²) in [6.45, 7) is 0.633. The SMILES string of the molecule is NCCC(N)c1ccc2ccccc2c1. The zero-order valence-corrected chi connectivity index (χ0v) is 8.69. The first-order valence-corrected chi connectivity index (χ1v) is 5.25. The van der Waals surface area contributed by atoms with Crippen LogP contribution in [0.5, 0.6) is 0 Å². The van der Waals surface area contributed by atoms with Gasteiger partial charge < -0.3 is 11.5 Å². The maximum atomic E-state index is 6.02. The Balaban J connectivity index is 2.38. The quantitative estimate of drug-likeness (QED) is 0.798. The molecule has 0 aliphatic heterocycles. The summed E-state index contributed by atoms with van der Waals surface area (Å²) >= 11 is 0. The van der Waals surface area contributed by atoms with Crippen molar-refractivity contribution < 1.29 is 0 Å². The third kappa shape index (κ3) is 2.17. The number of hydrogen-bond donors (Lipinski definition) is 2. The Morgan fingerprint density at radius 2 is 1.73 bits per heavy atom. The average molecular weight is 200 g/mol. The Hall–Kier alpha value is -1.38. The lowest BCUT2D eigenvalue weighted by molar-refractivity contribution is 0.662. The summed E-state index contributed by atoms with van der Waals surface area (Å²) in [4.78, 5) is 0. The van der Waals surface area contributed by atoms with Gasteiger partial charge in [-0.05, 0) is 35.4 Å². The predicted octanol–water partition coefficient (Wildman–Crippen LogP) is 2.19. The Morgan fingerprint density at radius 3 is 2.47 bits per heavy atom. The van der Waals surface area contributed by atoms with Crippen molar-refractivity contribution in [3.63, 3.8) is 0 Å². The van der Waals surface area contributed by atoms with Crippen LogP contribution in [0.15, 0.2) is 42.5 Å². The summed E-state index contributed by atoms with van der Waals surface area (Å²) in [6, 6.07) is 14.7. The molecule has 2 aromatic carbocycles.